The van der Waals surface area contributed by atoms with Gasteiger partial charge in [-0.15, -0.1) is 0 Å². The lowest BCUT2D eigenvalue weighted by Gasteiger charge is -2.10. The second kappa shape index (κ2) is 9.60. The van der Waals surface area contributed by atoms with E-state index >= 15 is 0 Å². The number of nitrogens with one attached hydrogen (secondary N) is 1. The van der Waals surface area contributed by atoms with Crippen LogP contribution in [-0.2, 0) is 0 Å². The maximum atomic E-state index is 8.87. The van der Waals surface area contributed by atoms with Crippen molar-refractivity contribution in [2.75, 3.05) is 0 Å². The van der Waals surface area contributed by atoms with Crippen molar-refractivity contribution in [3.63, 3.8) is 0 Å². The third-order valence-corrected chi connectivity index (χ3v) is 5.36. The summed E-state index contributed by atoms with van der Waals surface area (Å²) in [6.45, 7) is 4.05. The Bertz CT molecular complexity index is 1330. The first-order valence-corrected chi connectivity index (χ1v) is 11.0. The van der Waals surface area contributed by atoms with Crippen LogP contribution in [0, 0.1) is 0 Å². The summed E-state index contributed by atoms with van der Waals surface area (Å²) in [6, 6.07) is 21.3. The van der Waals surface area contributed by atoms with E-state index in [0.29, 0.717) is 5.46 Å². The predicted molar refractivity (Wildman–Crippen MR) is 133 cm³/mol. The van der Waals surface area contributed by atoms with E-state index in [1.54, 1.807) is 12.1 Å². The quantitative estimate of drug-likeness (QED) is 0.325. The summed E-state index contributed by atoms with van der Waals surface area (Å²) >= 11 is 3.50. The van der Waals surface area contributed by atoms with Gasteiger partial charge >= 0.3 is 7.12 Å². The van der Waals surface area contributed by atoms with Gasteiger partial charge < -0.3 is 19.8 Å². The average Bonchev–Trinajstić information content (AvgIpc) is 3.40. The predicted octanol–water partition coefficient (Wildman–Crippen LogP) is 4.42. The van der Waals surface area contributed by atoms with Gasteiger partial charge in [0.05, 0.1) is 17.1 Å². The van der Waals surface area contributed by atoms with Crippen molar-refractivity contribution in [2.45, 2.75) is 20.0 Å². The Balaban J connectivity index is 0.000000174. The SMILES string of the molecule is CC(C)Oc1ccc(-n2cnc3ccc(Br)cc32)cc1.OB(O)c1ccc2[nH]ccc2c1. The fourth-order valence-electron chi connectivity index (χ4n) is 3.38. The molecule has 3 aromatic carbocycles. The van der Waals surface area contributed by atoms with Crippen molar-refractivity contribution >= 4 is 50.4 Å². The Labute approximate surface area is 194 Å². The van der Waals surface area contributed by atoms with Crippen molar-refractivity contribution in [3.05, 3.63) is 83.7 Å². The highest BCUT2D eigenvalue weighted by molar-refractivity contribution is 9.10. The van der Waals surface area contributed by atoms with E-state index in [-0.39, 0.29) is 6.10 Å². The average molecular weight is 492 g/mol. The lowest BCUT2D eigenvalue weighted by atomic mass is 9.80. The molecule has 8 heteroatoms. The first-order valence-electron chi connectivity index (χ1n) is 10.2. The van der Waals surface area contributed by atoms with Gasteiger partial charge in [-0.05, 0) is 79.3 Å². The van der Waals surface area contributed by atoms with E-state index in [4.69, 9.17) is 14.8 Å². The van der Waals surface area contributed by atoms with Crippen molar-refractivity contribution < 1.29 is 14.8 Å². The van der Waals surface area contributed by atoms with Gasteiger partial charge in [0.1, 0.15) is 12.1 Å². The number of aromatic amines is 1. The molecule has 5 aromatic rings. The summed E-state index contributed by atoms with van der Waals surface area (Å²) in [5.41, 5.74) is 4.65. The number of imidazole rings is 1. The molecule has 0 aliphatic heterocycles. The van der Waals surface area contributed by atoms with Gasteiger partial charge in [0, 0.05) is 21.9 Å². The second-order valence-electron chi connectivity index (χ2n) is 7.61. The molecule has 0 aliphatic carbocycles. The minimum Gasteiger partial charge on any atom is -0.491 e. The number of ether oxygens (including phenoxy) is 1. The zero-order chi connectivity index (χ0) is 22.7. The highest BCUT2D eigenvalue weighted by Crippen LogP contribution is 2.23. The van der Waals surface area contributed by atoms with Gasteiger partial charge in [0.25, 0.3) is 0 Å². The largest absolute Gasteiger partial charge is 0.491 e. The molecule has 2 heterocycles. The zero-order valence-electron chi connectivity index (χ0n) is 17.7. The molecule has 0 atom stereocenters. The molecule has 0 spiro atoms. The van der Waals surface area contributed by atoms with Crippen molar-refractivity contribution in [1.82, 2.24) is 14.5 Å². The molecule has 5 rings (SSSR count). The van der Waals surface area contributed by atoms with Crippen LogP contribution in [0.3, 0.4) is 0 Å². The van der Waals surface area contributed by atoms with Crippen LogP contribution < -0.4 is 10.2 Å². The third kappa shape index (κ3) is 5.04. The molecule has 0 aliphatic rings. The smallest absolute Gasteiger partial charge is 0.488 e. The number of halogens is 1. The van der Waals surface area contributed by atoms with E-state index in [0.717, 1.165) is 37.8 Å². The maximum absolute atomic E-state index is 8.87. The Morgan fingerprint density at radius 1 is 1.00 bits per heavy atom. The molecule has 0 unspecified atom stereocenters. The second-order valence-corrected chi connectivity index (χ2v) is 8.52. The summed E-state index contributed by atoms with van der Waals surface area (Å²) in [4.78, 5) is 7.44. The third-order valence-electron chi connectivity index (χ3n) is 4.87. The van der Waals surface area contributed by atoms with Gasteiger partial charge in [0.2, 0.25) is 0 Å². The first kappa shape index (κ1) is 22.1. The van der Waals surface area contributed by atoms with Crippen LogP contribution in [0.25, 0.3) is 27.6 Å². The normalized spacial score (nSPS) is 10.9. The van der Waals surface area contributed by atoms with Gasteiger partial charge in [-0.2, -0.15) is 0 Å². The molecule has 0 radical (unpaired) electrons. The molecule has 3 N–H and O–H groups in total. The van der Waals surface area contributed by atoms with E-state index in [1.807, 2.05) is 74.9 Å². The van der Waals surface area contributed by atoms with Gasteiger partial charge in [0.15, 0.2) is 0 Å². The molecule has 6 nitrogen and oxygen atoms in total. The number of nitrogens with zero attached hydrogens (tertiary/aromatic N) is 2. The molecular formula is C24H23BBrN3O3. The van der Waals surface area contributed by atoms with Crippen molar-refractivity contribution in [2.24, 2.45) is 0 Å². The van der Waals surface area contributed by atoms with Crippen LogP contribution in [0.4, 0.5) is 0 Å². The fourth-order valence-corrected chi connectivity index (χ4v) is 3.73. The minimum atomic E-state index is -1.38. The molecule has 162 valence electrons. The lowest BCUT2D eigenvalue weighted by Crippen LogP contribution is -2.29. The highest BCUT2D eigenvalue weighted by Gasteiger charge is 2.10. The molecular weight excluding hydrogens is 469 g/mol. The lowest BCUT2D eigenvalue weighted by molar-refractivity contribution is 0.242. The number of benzene rings is 3. The Hall–Kier alpha value is -3.07. The summed E-state index contributed by atoms with van der Waals surface area (Å²) in [7, 11) is -1.38. The summed E-state index contributed by atoms with van der Waals surface area (Å²) in [5, 5.41) is 18.7. The molecule has 32 heavy (non-hydrogen) atoms. The minimum absolute atomic E-state index is 0.186. The highest BCUT2D eigenvalue weighted by atomic mass is 79.9. The number of fused-ring (bicyclic) bond motifs is 2. The van der Waals surface area contributed by atoms with Gasteiger partial charge in [-0.1, -0.05) is 28.1 Å². The van der Waals surface area contributed by atoms with Crippen LogP contribution in [0.5, 0.6) is 5.75 Å². The van der Waals surface area contributed by atoms with Crippen molar-refractivity contribution in [3.8, 4) is 11.4 Å². The zero-order valence-corrected chi connectivity index (χ0v) is 19.3. The Morgan fingerprint density at radius 3 is 2.50 bits per heavy atom. The fraction of sp³-hybridized carbons (Fsp3) is 0.125. The molecule has 0 fully saturated rings. The molecule has 2 aromatic heterocycles. The van der Waals surface area contributed by atoms with Crippen LogP contribution in [0.1, 0.15) is 13.8 Å². The Kier molecular flexibility index (Phi) is 6.65. The number of rotatable bonds is 4. The van der Waals surface area contributed by atoms with Crippen LogP contribution in [0.2, 0.25) is 0 Å². The number of aromatic nitrogens is 3. The number of hydrogen-bond acceptors (Lipinski definition) is 4. The molecule has 0 saturated carbocycles. The van der Waals surface area contributed by atoms with Crippen LogP contribution >= 0.6 is 15.9 Å². The first-order chi connectivity index (χ1) is 15.4. The molecule has 0 saturated heterocycles. The van der Waals surface area contributed by atoms with Gasteiger partial charge in [-0.25, -0.2) is 4.98 Å². The Morgan fingerprint density at radius 2 is 1.78 bits per heavy atom. The van der Waals surface area contributed by atoms with E-state index in [2.05, 4.69) is 36.5 Å². The van der Waals surface area contributed by atoms with E-state index < -0.39 is 7.12 Å². The van der Waals surface area contributed by atoms with E-state index in [1.165, 1.54) is 0 Å². The maximum Gasteiger partial charge on any atom is 0.488 e. The monoisotopic (exact) mass is 491 g/mol. The summed E-state index contributed by atoms with van der Waals surface area (Å²) in [5.74, 6) is 0.884. The summed E-state index contributed by atoms with van der Waals surface area (Å²) < 4.78 is 8.78. The topological polar surface area (TPSA) is 83.3 Å². The molecule has 0 bridgehead atoms. The molecule has 0 amide bonds. The van der Waals surface area contributed by atoms with Gasteiger partial charge in [-0.3, -0.25) is 4.57 Å². The summed E-state index contributed by atoms with van der Waals surface area (Å²) in [6.07, 6.45) is 3.85. The van der Waals surface area contributed by atoms with Crippen LogP contribution in [0.15, 0.2) is 83.7 Å². The van der Waals surface area contributed by atoms with Crippen molar-refractivity contribution in [1.29, 1.82) is 0 Å². The number of hydrogen-bond donors (Lipinski definition) is 3. The van der Waals surface area contributed by atoms with Crippen LogP contribution in [-0.4, -0.2) is 37.8 Å². The standard InChI is InChI=1S/C16H15BrN2O.C8H8BNO2/c1-11(2)20-14-6-4-13(5-7-14)19-10-18-15-8-3-12(17)9-16(15)19;11-9(12)7-1-2-8-6(5-7)3-4-10-8/h3-11H,1-2H3;1-5,10-12H. The number of H-pyrrole nitrogens is 1. The van der Waals surface area contributed by atoms with E-state index in [9.17, 15) is 0 Å².